The summed E-state index contributed by atoms with van der Waals surface area (Å²) in [4.78, 5) is 7.23. The van der Waals surface area contributed by atoms with E-state index >= 15 is 0 Å². The molecule has 2 fully saturated rings. The molecule has 1 aromatic heterocycles. The Morgan fingerprint density at radius 2 is 2.11 bits per heavy atom. The summed E-state index contributed by atoms with van der Waals surface area (Å²) in [6.07, 6.45) is 6.40. The molecule has 3 heterocycles. The molecule has 2 aromatic rings. The lowest BCUT2D eigenvalue weighted by Crippen LogP contribution is -2.74. The first-order chi connectivity index (χ1) is 13.6. The van der Waals surface area contributed by atoms with Crippen LogP contribution in [0.5, 0.6) is 11.5 Å². The second-order valence-corrected chi connectivity index (χ2v) is 9.47. The van der Waals surface area contributed by atoms with Crippen LogP contribution in [0.1, 0.15) is 47.8 Å². The Labute approximate surface area is 164 Å². The second kappa shape index (κ2) is 4.89. The van der Waals surface area contributed by atoms with E-state index in [1.807, 2.05) is 18.3 Å². The van der Waals surface area contributed by atoms with Gasteiger partial charge in [0.1, 0.15) is 0 Å². The van der Waals surface area contributed by atoms with Crippen LogP contribution in [0.25, 0.3) is 0 Å². The van der Waals surface area contributed by atoms with Gasteiger partial charge in [-0.3, -0.25) is 9.88 Å². The van der Waals surface area contributed by atoms with Gasteiger partial charge in [0.05, 0.1) is 16.7 Å². The van der Waals surface area contributed by atoms with Crippen LogP contribution >= 0.6 is 0 Å². The van der Waals surface area contributed by atoms with Crippen LogP contribution in [0, 0.1) is 5.92 Å². The number of pyridine rings is 1. The molecular formula is C23H24N2O3. The topological polar surface area (TPSA) is 65.8 Å². The van der Waals surface area contributed by atoms with Crippen molar-refractivity contribution < 1.29 is 14.9 Å². The van der Waals surface area contributed by atoms with Crippen molar-refractivity contribution in [1.82, 2.24) is 9.88 Å². The van der Waals surface area contributed by atoms with Gasteiger partial charge in [-0.25, -0.2) is 0 Å². The van der Waals surface area contributed by atoms with Gasteiger partial charge in [-0.1, -0.05) is 12.1 Å². The Kier molecular flexibility index (Phi) is 2.76. The lowest BCUT2D eigenvalue weighted by molar-refractivity contribution is -0.173. The van der Waals surface area contributed by atoms with Crippen molar-refractivity contribution >= 4 is 0 Å². The Morgan fingerprint density at radius 1 is 1.21 bits per heavy atom. The maximum atomic E-state index is 12.4. The van der Waals surface area contributed by atoms with E-state index in [1.54, 1.807) is 6.07 Å². The molecule has 5 nitrogen and oxygen atoms in total. The molecule has 1 saturated heterocycles. The Bertz CT molecular complexity index is 1020. The summed E-state index contributed by atoms with van der Waals surface area (Å²) in [6, 6.07) is 7.92. The minimum Gasteiger partial charge on any atom is -0.504 e. The molecule has 28 heavy (non-hydrogen) atoms. The second-order valence-electron chi connectivity index (χ2n) is 9.47. The molecule has 3 aliphatic carbocycles. The van der Waals surface area contributed by atoms with Gasteiger partial charge in [-0.15, -0.1) is 0 Å². The Balaban J connectivity index is 1.50. The number of phenols is 1. The number of aliphatic hydroxyl groups is 1. The van der Waals surface area contributed by atoms with Crippen molar-refractivity contribution in [2.24, 2.45) is 5.92 Å². The normalized spacial score (nSPS) is 37.2. The number of hydrogen-bond acceptors (Lipinski definition) is 5. The average molecular weight is 376 g/mol. The molecule has 1 aromatic carbocycles. The maximum absolute atomic E-state index is 12.4. The molecule has 5 heteroatoms. The summed E-state index contributed by atoms with van der Waals surface area (Å²) >= 11 is 0. The zero-order chi connectivity index (χ0) is 18.7. The first-order valence-corrected chi connectivity index (χ1v) is 10.5. The summed E-state index contributed by atoms with van der Waals surface area (Å²) in [7, 11) is 0. The van der Waals surface area contributed by atoms with E-state index < -0.39 is 11.0 Å². The molecular weight excluding hydrogens is 352 g/mol. The monoisotopic (exact) mass is 376 g/mol. The molecule has 0 amide bonds. The summed E-state index contributed by atoms with van der Waals surface area (Å²) in [5.41, 5.74) is 2.89. The van der Waals surface area contributed by atoms with E-state index in [0.29, 0.717) is 12.2 Å². The summed E-state index contributed by atoms with van der Waals surface area (Å²) in [6.45, 7) is 2.06. The fraction of sp³-hybridized carbons (Fsp3) is 0.522. The number of ether oxygens (including phenoxy) is 1. The number of likely N-dealkylation sites (tertiary alicyclic amines) is 1. The fourth-order valence-electron chi connectivity index (χ4n) is 6.78. The highest BCUT2D eigenvalue weighted by atomic mass is 16.5. The maximum Gasteiger partial charge on any atom is 0.166 e. The van der Waals surface area contributed by atoms with Crippen LogP contribution in [0.15, 0.2) is 30.5 Å². The number of aromatic hydroxyl groups is 1. The molecule has 0 radical (unpaired) electrons. The van der Waals surface area contributed by atoms with Gasteiger partial charge in [0.2, 0.25) is 0 Å². The van der Waals surface area contributed by atoms with Crippen molar-refractivity contribution in [3.05, 3.63) is 52.8 Å². The molecule has 2 bridgehead atoms. The standard InChI is InChI=1S/C23H24N2O3/c26-16-6-5-14-10-17-23(27)11-15-2-1-8-24-19(15)21-22(23,18(14)20(16)28-21)7-9-25(17)12-13-3-4-13/h1-2,5-6,8,13,17,21,26-27H,3-4,7,9-12H2/t17?,21-,22?,23+/m0/s1. The van der Waals surface area contributed by atoms with E-state index in [2.05, 4.69) is 16.0 Å². The minimum atomic E-state index is -0.896. The lowest BCUT2D eigenvalue weighted by atomic mass is 9.49. The van der Waals surface area contributed by atoms with Gasteiger partial charge in [0.15, 0.2) is 17.6 Å². The van der Waals surface area contributed by atoms with Gasteiger partial charge in [-0.05, 0) is 61.4 Å². The third-order valence-corrected chi connectivity index (χ3v) is 8.15. The predicted octanol–water partition coefficient (Wildman–Crippen LogP) is 2.49. The van der Waals surface area contributed by atoms with Crippen LogP contribution in [0.4, 0.5) is 0 Å². The van der Waals surface area contributed by atoms with Gasteiger partial charge >= 0.3 is 0 Å². The Hall–Kier alpha value is -2.11. The minimum absolute atomic E-state index is 0.0873. The number of nitrogens with zero attached hydrogens (tertiary/aromatic N) is 2. The molecule has 2 N–H and O–H groups in total. The van der Waals surface area contributed by atoms with Gasteiger partial charge in [-0.2, -0.15) is 0 Å². The zero-order valence-electron chi connectivity index (χ0n) is 15.8. The fourth-order valence-corrected chi connectivity index (χ4v) is 6.78. The number of fused-ring (bicyclic) bond motifs is 2. The van der Waals surface area contributed by atoms with Crippen LogP contribution in [0.2, 0.25) is 0 Å². The van der Waals surface area contributed by atoms with Crippen molar-refractivity contribution in [3.8, 4) is 11.5 Å². The average Bonchev–Trinajstić information content (AvgIpc) is 3.42. The van der Waals surface area contributed by atoms with E-state index in [0.717, 1.165) is 48.7 Å². The quantitative estimate of drug-likeness (QED) is 0.843. The number of aromatic nitrogens is 1. The smallest absolute Gasteiger partial charge is 0.166 e. The van der Waals surface area contributed by atoms with Gasteiger partial charge in [0.25, 0.3) is 0 Å². The molecule has 2 aliphatic heterocycles. The van der Waals surface area contributed by atoms with Crippen LogP contribution < -0.4 is 4.74 Å². The summed E-state index contributed by atoms with van der Waals surface area (Å²) in [5.74, 6) is 1.55. The largest absolute Gasteiger partial charge is 0.504 e. The molecule has 7 rings (SSSR count). The highest BCUT2D eigenvalue weighted by molar-refractivity contribution is 5.64. The van der Waals surface area contributed by atoms with Crippen LogP contribution in [0.3, 0.4) is 0 Å². The van der Waals surface area contributed by atoms with Crippen LogP contribution in [-0.4, -0.2) is 44.8 Å². The first-order valence-electron chi connectivity index (χ1n) is 10.5. The van der Waals surface area contributed by atoms with Gasteiger partial charge < -0.3 is 14.9 Å². The molecule has 1 spiro atoms. The van der Waals surface area contributed by atoms with E-state index in [1.165, 1.54) is 18.4 Å². The van der Waals surface area contributed by atoms with E-state index in [-0.39, 0.29) is 17.9 Å². The Morgan fingerprint density at radius 3 is 2.96 bits per heavy atom. The molecule has 2 unspecified atom stereocenters. The SMILES string of the molecule is Oc1ccc2c3c1O[C@H]1c4ncccc4C[C@@]4(O)C(C2)N(CC2CC2)CCC314. The van der Waals surface area contributed by atoms with Crippen molar-refractivity contribution in [1.29, 1.82) is 0 Å². The third kappa shape index (κ3) is 1.66. The number of hydrogen-bond donors (Lipinski definition) is 2. The summed E-state index contributed by atoms with van der Waals surface area (Å²) < 4.78 is 6.44. The first kappa shape index (κ1) is 15.8. The number of benzene rings is 1. The van der Waals surface area contributed by atoms with Crippen molar-refractivity contribution in [2.45, 2.75) is 55.3 Å². The molecule has 144 valence electrons. The highest BCUT2D eigenvalue weighted by Gasteiger charge is 2.72. The van der Waals surface area contributed by atoms with Crippen molar-refractivity contribution in [2.75, 3.05) is 13.1 Å². The number of piperidine rings is 1. The van der Waals surface area contributed by atoms with E-state index in [9.17, 15) is 10.2 Å². The number of phenolic OH excluding ortho intramolecular Hbond substituents is 1. The zero-order valence-corrected chi connectivity index (χ0v) is 15.8. The third-order valence-electron chi connectivity index (χ3n) is 8.15. The predicted molar refractivity (Wildman–Crippen MR) is 102 cm³/mol. The molecule has 4 atom stereocenters. The molecule has 5 aliphatic rings. The van der Waals surface area contributed by atoms with Crippen LogP contribution in [-0.2, 0) is 18.3 Å². The number of rotatable bonds is 2. The lowest BCUT2D eigenvalue weighted by Gasteiger charge is -2.62. The van der Waals surface area contributed by atoms with Gasteiger partial charge in [0, 0.05) is 30.8 Å². The highest BCUT2D eigenvalue weighted by Crippen LogP contribution is 2.68. The summed E-state index contributed by atoms with van der Waals surface area (Å²) in [5, 5.41) is 23.0. The van der Waals surface area contributed by atoms with Crippen molar-refractivity contribution in [3.63, 3.8) is 0 Å². The molecule has 1 saturated carbocycles. The van der Waals surface area contributed by atoms with E-state index in [4.69, 9.17) is 4.74 Å².